The maximum absolute atomic E-state index is 12.7. The fourth-order valence-electron chi connectivity index (χ4n) is 4.10. The van der Waals surface area contributed by atoms with Gasteiger partial charge in [0.1, 0.15) is 12.1 Å². The van der Waals surface area contributed by atoms with Crippen molar-refractivity contribution in [3.8, 4) is 5.82 Å². The standard InChI is InChI=1S/C18H22N4O/c23-17(21-15-4-1-2-6-18(15)7-3-8-18)14-5-9-20-16(12-14)22-11-10-19-13-22/h5,9-13,15H,1-4,6-8H2,(H,21,23). The van der Waals surface area contributed by atoms with E-state index in [4.69, 9.17) is 0 Å². The van der Waals surface area contributed by atoms with Crippen LogP contribution in [0.4, 0.5) is 0 Å². The molecule has 1 spiro atoms. The topological polar surface area (TPSA) is 59.8 Å². The smallest absolute Gasteiger partial charge is 0.251 e. The lowest BCUT2D eigenvalue weighted by Crippen LogP contribution is -2.53. The molecule has 23 heavy (non-hydrogen) atoms. The number of nitrogens with one attached hydrogen (secondary N) is 1. The van der Waals surface area contributed by atoms with E-state index in [1.807, 2.05) is 16.8 Å². The molecule has 0 bridgehead atoms. The maximum atomic E-state index is 12.7. The molecule has 1 amide bonds. The Balaban J connectivity index is 1.52. The minimum atomic E-state index is 0.0203. The van der Waals surface area contributed by atoms with E-state index in [0.717, 1.165) is 12.2 Å². The Bertz CT molecular complexity index is 691. The van der Waals surface area contributed by atoms with Gasteiger partial charge in [0, 0.05) is 30.2 Å². The van der Waals surface area contributed by atoms with Gasteiger partial charge in [-0.25, -0.2) is 9.97 Å². The predicted molar refractivity (Wildman–Crippen MR) is 87.4 cm³/mol. The van der Waals surface area contributed by atoms with Crippen LogP contribution in [0, 0.1) is 5.41 Å². The molecule has 2 fully saturated rings. The van der Waals surface area contributed by atoms with Crippen molar-refractivity contribution in [2.45, 2.75) is 51.0 Å². The quantitative estimate of drug-likeness (QED) is 0.947. The number of rotatable bonds is 3. The summed E-state index contributed by atoms with van der Waals surface area (Å²) in [6.07, 6.45) is 15.7. The first-order chi connectivity index (χ1) is 11.3. The Morgan fingerprint density at radius 3 is 2.83 bits per heavy atom. The zero-order valence-corrected chi connectivity index (χ0v) is 13.2. The summed E-state index contributed by atoms with van der Waals surface area (Å²) < 4.78 is 1.81. The number of aromatic nitrogens is 3. The molecule has 2 aliphatic carbocycles. The van der Waals surface area contributed by atoms with E-state index in [0.29, 0.717) is 17.0 Å². The lowest BCUT2D eigenvalue weighted by molar-refractivity contribution is 0.0312. The third-order valence-electron chi connectivity index (χ3n) is 5.59. The Morgan fingerprint density at radius 1 is 1.22 bits per heavy atom. The molecule has 0 aliphatic heterocycles. The Labute approximate surface area is 136 Å². The molecule has 2 aliphatic rings. The average Bonchev–Trinajstić information content (AvgIpc) is 3.08. The van der Waals surface area contributed by atoms with Gasteiger partial charge < -0.3 is 5.32 Å². The van der Waals surface area contributed by atoms with Crippen LogP contribution in [0.15, 0.2) is 37.1 Å². The summed E-state index contributed by atoms with van der Waals surface area (Å²) in [6.45, 7) is 0. The molecule has 5 nitrogen and oxygen atoms in total. The normalized spacial score (nSPS) is 22.5. The van der Waals surface area contributed by atoms with Crippen molar-refractivity contribution >= 4 is 5.91 Å². The van der Waals surface area contributed by atoms with Crippen LogP contribution in [-0.2, 0) is 0 Å². The zero-order valence-electron chi connectivity index (χ0n) is 13.2. The molecule has 2 saturated carbocycles. The molecule has 0 saturated heterocycles. The number of pyridine rings is 1. The van der Waals surface area contributed by atoms with Crippen molar-refractivity contribution in [1.82, 2.24) is 19.9 Å². The number of imidazole rings is 1. The highest BCUT2D eigenvalue weighted by atomic mass is 16.1. The Morgan fingerprint density at radius 2 is 2.09 bits per heavy atom. The molecule has 2 heterocycles. The van der Waals surface area contributed by atoms with Gasteiger partial charge >= 0.3 is 0 Å². The summed E-state index contributed by atoms with van der Waals surface area (Å²) in [5.41, 5.74) is 1.05. The van der Waals surface area contributed by atoms with Crippen molar-refractivity contribution in [1.29, 1.82) is 0 Å². The molecule has 0 aromatic carbocycles. The number of hydrogen-bond acceptors (Lipinski definition) is 3. The van der Waals surface area contributed by atoms with Crippen LogP contribution in [0.3, 0.4) is 0 Å². The summed E-state index contributed by atoms with van der Waals surface area (Å²) in [5, 5.41) is 3.31. The van der Waals surface area contributed by atoms with Crippen molar-refractivity contribution in [3.63, 3.8) is 0 Å². The van der Waals surface area contributed by atoms with Crippen molar-refractivity contribution < 1.29 is 4.79 Å². The Hall–Kier alpha value is -2.17. The number of hydrogen-bond donors (Lipinski definition) is 1. The summed E-state index contributed by atoms with van der Waals surface area (Å²) in [5.74, 6) is 0.740. The van der Waals surface area contributed by atoms with Crippen molar-refractivity contribution in [2.24, 2.45) is 5.41 Å². The van der Waals surface area contributed by atoms with Crippen LogP contribution < -0.4 is 5.32 Å². The first-order valence-electron chi connectivity index (χ1n) is 8.52. The van der Waals surface area contributed by atoms with Crippen LogP contribution in [-0.4, -0.2) is 26.5 Å². The number of amides is 1. The minimum absolute atomic E-state index is 0.0203. The van der Waals surface area contributed by atoms with E-state index in [1.54, 1.807) is 24.8 Å². The fourth-order valence-corrected chi connectivity index (χ4v) is 4.10. The van der Waals surface area contributed by atoms with Crippen LogP contribution in [0.2, 0.25) is 0 Å². The van der Waals surface area contributed by atoms with Crippen molar-refractivity contribution in [3.05, 3.63) is 42.6 Å². The van der Waals surface area contributed by atoms with Crippen LogP contribution >= 0.6 is 0 Å². The van der Waals surface area contributed by atoms with E-state index in [1.165, 1.54) is 38.5 Å². The zero-order chi connectivity index (χ0) is 15.7. The molecule has 1 unspecified atom stereocenters. The van der Waals surface area contributed by atoms with Crippen molar-refractivity contribution in [2.75, 3.05) is 0 Å². The highest BCUT2D eigenvalue weighted by Gasteiger charge is 2.45. The molecular formula is C18H22N4O. The van der Waals surface area contributed by atoms with Gasteiger partial charge in [0.2, 0.25) is 0 Å². The molecule has 1 N–H and O–H groups in total. The fraction of sp³-hybridized carbons (Fsp3) is 0.500. The monoisotopic (exact) mass is 310 g/mol. The van der Waals surface area contributed by atoms with Gasteiger partial charge in [-0.3, -0.25) is 9.36 Å². The summed E-state index contributed by atoms with van der Waals surface area (Å²) >= 11 is 0. The van der Waals surface area contributed by atoms with Gasteiger partial charge in [0.05, 0.1) is 0 Å². The summed E-state index contributed by atoms with van der Waals surface area (Å²) in [4.78, 5) is 21.0. The molecule has 120 valence electrons. The lowest BCUT2D eigenvalue weighted by atomic mass is 9.58. The number of carbonyl (C=O) groups is 1. The molecule has 5 heteroatoms. The molecular weight excluding hydrogens is 288 g/mol. The van der Waals surface area contributed by atoms with Crippen LogP contribution in [0.5, 0.6) is 0 Å². The summed E-state index contributed by atoms with van der Waals surface area (Å²) in [6, 6.07) is 3.95. The molecule has 0 radical (unpaired) electrons. The van der Waals surface area contributed by atoms with Gasteiger partial charge in [-0.1, -0.05) is 19.3 Å². The van der Waals surface area contributed by atoms with E-state index in [9.17, 15) is 4.79 Å². The van der Waals surface area contributed by atoms with Gasteiger partial charge in [0.25, 0.3) is 5.91 Å². The second kappa shape index (κ2) is 5.80. The van der Waals surface area contributed by atoms with E-state index in [-0.39, 0.29) is 5.91 Å². The molecule has 2 aromatic heterocycles. The maximum Gasteiger partial charge on any atom is 0.251 e. The van der Waals surface area contributed by atoms with Gasteiger partial charge in [-0.05, 0) is 43.2 Å². The van der Waals surface area contributed by atoms with Crippen LogP contribution in [0.1, 0.15) is 55.3 Å². The van der Waals surface area contributed by atoms with Gasteiger partial charge in [0.15, 0.2) is 0 Å². The molecule has 2 aromatic rings. The largest absolute Gasteiger partial charge is 0.349 e. The highest BCUT2D eigenvalue weighted by molar-refractivity contribution is 5.94. The third-order valence-corrected chi connectivity index (χ3v) is 5.59. The number of carbonyl (C=O) groups excluding carboxylic acids is 1. The SMILES string of the molecule is O=C(NC1CCCCC12CCC2)c1ccnc(-n2ccnc2)c1. The number of nitrogens with zero attached hydrogens (tertiary/aromatic N) is 3. The average molecular weight is 310 g/mol. The first kappa shape index (κ1) is 14.4. The molecule has 1 atom stereocenters. The van der Waals surface area contributed by atoms with Crippen LogP contribution in [0.25, 0.3) is 5.82 Å². The Kier molecular flexibility index (Phi) is 3.63. The minimum Gasteiger partial charge on any atom is -0.349 e. The van der Waals surface area contributed by atoms with Gasteiger partial charge in [-0.15, -0.1) is 0 Å². The summed E-state index contributed by atoms with van der Waals surface area (Å²) in [7, 11) is 0. The van der Waals surface area contributed by atoms with E-state index < -0.39 is 0 Å². The third kappa shape index (κ3) is 2.64. The molecule has 4 rings (SSSR count). The van der Waals surface area contributed by atoms with E-state index >= 15 is 0 Å². The second-order valence-electron chi connectivity index (χ2n) is 6.86. The first-order valence-corrected chi connectivity index (χ1v) is 8.52. The highest BCUT2D eigenvalue weighted by Crippen LogP contribution is 2.51. The predicted octanol–water partition coefficient (Wildman–Crippen LogP) is 3.11. The van der Waals surface area contributed by atoms with E-state index in [2.05, 4.69) is 15.3 Å². The second-order valence-corrected chi connectivity index (χ2v) is 6.86. The van der Waals surface area contributed by atoms with Gasteiger partial charge in [-0.2, -0.15) is 0 Å². The lowest BCUT2D eigenvalue weighted by Gasteiger charge is -2.51.